The molecule has 0 aromatic carbocycles. The number of carbonyl (C=O) groups is 1. The predicted molar refractivity (Wildman–Crippen MR) is 50.9 cm³/mol. The second kappa shape index (κ2) is 3.96. The quantitative estimate of drug-likeness (QED) is 0.662. The molecular formula is C9H18N2O2. The molecule has 1 amide bonds. The topological polar surface area (TPSA) is 43.8 Å². The summed E-state index contributed by atoms with van der Waals surface area (Å²) in [6.45, 7) is 6.38. The zero-order valence-corrected chi connectivity index (χ0v) is 8.53. The fraction of sp³-hybridized carbons (Fsp3) is 0.889. The third-order valence-electron chi connectivity index (χ3n) is 2.74. The number of hydrogen-bond acceptors (Lipinski definition) is 2. The molecule has 1 atom stereocenters. The monoisotopic (exact) mass is 186 g/mol. The molecule has 0 saturated carbocycles. The summed E-state index contributed by atoms with van der Waals surface area (Å²) in [6.07, 6.45) is -0.793. The van der Waals surface area contributed by atoms with E-state index in [2.05, 4.69) is 25.8 Å². The molecule has 13 heavy (non-hydrogen) atoms. The number of rotatable bonds is 1. The van der Waals surface area contributed by atoms with Gasteiger partial charge in [0.2, 0.25) is 0 Å². The van der Waals surface area contributed by atoms with Gasteiger partial charge < -0.3 is 10.0 Å². The lowest BCUT2D eigenvalue weighted by Gasteiger charge is -2.40. The minimum absolute atomic E-state index is 0.366. The van der Waals surface area contributed by atoms with Gasteiger partial charge in [-0.1, -0.05) is 13.8 Å². The van der Waals surface area contributed by atoms with Crippen LogP contribution in [0, 0.1) is 5.92 Å². The van der Waals surface area contributed by atoms with Crippen molar-refractivity contribution in [3.05, 3.63) is 0 Å². The van der Waals surface area contributed by atoms with Crippen molar-refractivity contribution in [1.82, 2.24) is 9.80 Å². The van der Waals surface area contributed by atoms with Gasteiger partial charge in [0.15, 0.2) is 0 Å². The first kappa shape index (κ1) is 10.3. The van der Waals surface area contributed by atoms with Crippen LogP contribution >= 0.6 is 0 Å². The second-order valence-electron chi connectivity index (χ2n) is 4.02. The molecule has 0 aromatic heterocycles. The highest BCUT2D eigenvalue weighted by atomic mass is 16.4. The Bertz CT molecular complexity index is 194. The summed E-state index contributed by atoms with van der Waals surface area (Å²) < 4.78 is 0. The van der Waals surface area contributed by atoms with E-state index in [0.717, 1.165) is 6.54 Å². The Labute approximate surface area is 79.1 Å². The number of nitrogens with zero attached hydrogens (tertiary/aromatic N) is 2. The smallest absolute Gasteiger partial charge is 0.407 e. The Morgan fingerprint density at radius 2 is 2.08 bits per heavy atom. The lowest BCUT2D eigenvalue weighted by atomic mass is 10.0. The second-order valence-corrected chi connectivity index (χ2v) is 4.02. The molecule has 1 rings (SSSR count). The summed E-state index contributed by atoms with van der Waals surface area (Å²) in [5.41, 5.74) is 0. The Balaban J connectivity index is 2.58. The number of amides is 1. The molecule has 0 aliphatic carbocycles. The zero-order chi connectivity index (χ0) is 10.0. The van der Waals surface area contributed by atoms with Crippen molar-refractivity contribution in [2.45, 2.75) is 19.9 Å². The maximum atomic E-state index is 10.7. The van der Waals surface area contributed by atoms with E-state index in [0.29, 0.717) is 25.0 Å². The number of hydrogen-bond donors (Lipinski definition) is 1. The van der Waals surface area contributed by atoms with E-state index in [1.807, 2.05) is 0 Å². The fourth-order valence-electron chi connectivity index (χ4n) is 1.79. The van der Waals surface area contributed by atoms with Crippen LogP contribution in [-0.2, 0) is 0 Å². The van der Waals surface area contributed by atoms with E-state index >= 15 is 0 Å². The molecule has 4 heteroatoms. The zero-order valence-electron chi connectivity index (χ0n) is 8.53. The van der Waals surface area contributed by atoms with Crippen molar-refractivity contribution in [3.8, 4) is 0 Å². The third-order valence-corrected chi connectivity index (χ3v) is 2.74. The molecule has 1 heterocycles. The Morgan fingerprint density at radius 1 is 1.46 bits per heavy atom. The van der Waals surface area contributed by atoms with Crippen molar-refractivity contribution in [1.29, 1.82) is 0 Å². The van der Waals surface area contributed by atoms with Crippen LogP contribution in [0.4, 0.5) is 4.79 Å². The van der Waals surface area contributed by atoms with Crippen LogP contribution in [0.2, 0.25) is 0 Å². The summed E-state index contributed by atoms with van der Waals surface area (Å²) in [5, 5.41) is 8.83. The average molecular weight is 186 g/mol. The van der Waals surface area contributed by atoms with E-state index in [1.165, 1.54) is 4.90 Å². The van der Waals surface area contributed by atoms with Crippen LogP contribution in [0.3, 0.4) is 0 Å². The summed E-state index contributed by atoms with van der Waals surface area (Å²) >= 11 is 0. The van der Waals surface area contributed by atoms with Crippen molar-refractivity contribution >= 4 is 6.09 Å². The molecule has 0 aromatic rings. The van der Waals surface area contributed by atoms with Crippen LogP contribution in [0.25, 0.3) is 0 Å². The van der Waals surface area contributed by atoms with Gasteiger partial charge in [-0.15, -0.1) is 0 Å². The SMILES string of the molecule is CC(C)[C@@H]1CN(C(=O)O)CCN1C. The Kier molecular flexibility index (Phi) is 3.14. The van der Waals surface area contributed by atoms with Gasteiger partial charge in [-0.2, -0.15) is 0 Å². The summed E-state index contributed by atoms with van der Waals surface area (Å²) in [5.74, 6) is 0.507. The van der Waals surface area contributed by atoms with E-state index in [9.17, 15) is 4.79 Å². The van der Waals surface area contributed by atoms with Gasteiger partial charge in [-0.25, -0.2) is 4.79 Å². The minimum Gasteiger partial charge on any atom is -0.465 e. The molecule has 4 nitrogen and oxygen atoms in total. The van der Waals surface area contributed by atoms with Gasteiger partial charge in [0, 0.05) is 25.7 Å². The maximum absolute atomic E-state index is 10.7. The molecule has 1 N–H and O–H groups in total. The summed E-state index contributed by atoms with van der Waals surface area (Å²) in [6, 6.07) is 0.366. The van der Waals surface area contributed by atoms with Gasteiger partial charge in [0.25, 0.3) is 0 Å². The van der Waals surface area contributed by atoms with Gasteiger partial charge in [0.1, 0.15) is 0 Å². The maximum Gasteiger partial charge on any atom is 0.407 e. The van der Waals surface area contributed by atoms with Gasteiger partial charge >= 0.3 is 6.09 Å². The van der Waals surface area contributed by atoms with E-state index in [4.69, 9.17) is 5.11 Å². The standard InChI is InChI=1S/C9H18N2O2/c1-7(2)8-6-11(9(12)13)5-4-10(8)3/h7-8H,4-6H2,1-3H3,(H,12,13)/t8-/m0/s1. The molecule has 0 unspecified atom stereocenters. The van der Waals surface area contributed by atoms with E-state index in [-0.39, 0.29) is 0 Å². The lowest BCUT2D eigenvalue weighted by Crippen LogP contribution is -2.54. The van der Waals surface area contributed by atoms with Gasteiger partial charge in [-0.3, -0.25) is 4.90 Å². The summed E-state index contributed by atoms with van der Waals surface area (Å²) in [7, 11) is 2.06. The molecule has 76 valence electrons. The molecule has 0 radical (unpaired) electrons. The lowest BCUT2D eigenvalue weighted by molar-refractivity contribution is 0.0656. The van der Waals surface area contributed by atoms with Crippen molar-refractivity contribution in [2.24, 2.45) is 5.92 Å². The highest BCUT2D eigenvalue weighted by Gasteiger charge is 2.28. The fourth-order valence-corrected chi connectivity index (χ4v) is 1.79. The normalized spacial score (nSPS) is 25.2. The van der Waals surface area contributed by atoms with Crippen molar-refractivity contribution in [3.63, 3.8) is 0 Å². The highest BCUT2D eigenvalue weighted by Crippen LogP contribution is 2.15. The molecule has 0 spiro atoms. The Morgan fingerprint density at radius 3 is 2.54 bits per heavy atom. The van der Waals surface area contributed by atoms with Gasteiger partial charge in [0.05, 0.1) is 0 Å². The first-order chi connectivity index (χ1) is 6.02. The molecule has 1 saturated heterocycles. The largest absolute Gasteiger partial charge is 0.465 e. The molecule has 1 aliphatic rings. The molecule has 1 aliphatic heterocycles. The minimum atomic E-state index is -0.793. The third kappa shape index (κ3) is 2.34. The molecular weight excluding hydrogens is 168 g/mol. The van der Waals surface area contributed by atoms with Gasteiger partial charge in [-0.05, 0) is 13.0 Å². The van der Waals surface area contributed by atoms with Crippen molar-refractivity contribution < 1.29 is 9.90 Å². The van der Waals surface area contributed by atoms with Crippen LogP contribution in [-0.4, -0.2) is 53.7 Å². The number of carboxylic acid groups (broad SMARTS) is 1. The van der Waals surface area contributed by atoms with Crippen LogP contribution in [0.5, 0.6) is 0 Å². The average Bonchev–Trinajstić information content (AvgIpc) is 2.04. The summed E-state index contributed by atoms with van der Waals surface area (Å²) in [4.78, 5) is 14.5. The first-order valence-electron chi connectivity index (χ1n) is 4.70. The van der Waals surface area contributed by atoms with Crippen molar-refractivity contribution in [2.75, 3.05) is 26.7 Å². The van der Waals surface area contributed by atoms with Crippen LogP contribution < -0.4 is 0 Å². The van der Waals surface area contributed by atoms with Crippen LogP contribution in [0.1, 0.15) is 13.8 Å². The molecule has 1 fully saturated rings. The van der Waals surface area contributed by atoms with Crippen LogP contribution in [0.15, 0.2) is 0 Å². The number of piperazine rings is 1. The Hall–Kier alpha value is -0.770. The predicted octanol–water partition coefficient (Wildman–Crippen LogP) is 0.936. The first-order valence-corrected chi connectivity index (χ1v) is 4.70. The van der Waals surface area contributed by atoms with E-state index < -0.39 is 6.09 Å². The number of likely N-dealkylation sites (N-methyl/N-ethyl adjacent to an activating group) is 1. The van der Waals surface area contributed by atoms with E-state index in [1.54, 1.807) is 0 Å². The highest BCUT2D eigenvalue weighted by molar-refractivity contribution is 5.65. The molecule has 0 bridgehead atoms.